The molecule has 41 heavy (non-hydrogen) atoms. The van der Waals surface area contributed by atoms with Crippen molar-refractivity contribution in [1.29, 1.82) is 0 Å². The molecule has 6 aromatic rings. The first kappa shape index (κ1) is 26.7. The van der Waals surface area contributed by atoms with Gasteiger partial charge in [-0.15, -0.1) is 0 Å². The third-order valence-electron chi connectivity index (χ3n) is 7.54. The van der Waals surface area contributed by atoms with E-state index in [0.717, 1.165) is 39.9 Å². The van der Waals surface area contributed by atoms with Crippen LogP contribution in [0.1, 0.15) is 51.3 Å². The maximum absolute atomic E-state index is 6.52. The summed E-state index contributed by atoms with van der Waals surface area (Å²) in [6.45, 7) is 11.2. The van der Waals surface area contributed by atoms with E-state index in [4.69, 9.17) is 14.4 Å². The Bertz CT molecular complexity index is 1880. The molecule has 0 radical (unpaired) electrons. The van der Waals surface area contributed by atoms with Crippen LogP contribution >= 0.6 is 0 Å². The number of oxazole rings is 1. The van der Waals surface area contributed by atoms with Gasteiger partial charge in [0.1, 0.15) is 5.52 Å². The molecule has 0 aliphatic heterocycles. The van der Waals surface area contributed by atoms with Gasteiger partial charge in [-0.3, -0.25) is 4.99 Å². The maximum Gasteiger partial charge on any atom is 0.229 e. The number of benzene rings is 5. The van der Waals surface area contributed by atoms with Crippen LogP contribution in [0.15, 0.2) is 113 Å². The Hall–Kier alpha value is -4.50. The van der Waals surface area contributed by atoms with Gasteiger partial charge in [0.05, 0.1) is 11.3 Å². The molecule has 204 valence electrons. The molecule has 0 spiro atoms. The molecule has 3 nitrogen and oxygen atoms in total. The van der Waals surface area contributed by atoms with Gasteiger partial charge in [-0.05, 0) is 69.5 Å². The van der Waals surface area contributed by atoms with Crippen molar-refractivity contribution in [2.45, 2.75) is 46.5 Å². The zero-order valence-corrected chi connectivity index (χ0v) is 24.5. The normalized spacial score (nSPS) is 12.2. The molecule has 0 saturated heterocycles. The van der Waals surface area contributed by atoms with Gasteiger partial charge >= 0.3 is 0 Å². The highest BCUT2D eigenvalue weighted by Gasteiger charge is 2.21. The smallest absolute Gasteiger partial charge is 0.229 e. The van der Waals surface area contributed by atoms with Gasteiger partial charge in [-0.1, -0.05) is 113 Å². The Morgan fingerprint density at radius 3 is 2.39 bits per heavy atom. The Morgan fingerprint density at radius 1 is 0.805 bits per heavy atom. The quantitative estimate of drug-likeness (QED) is 0.199. The van der Waals surface area contributed by atoms with E-state index in [1.165, 1.54) is 27.5 Å². The van der Waals surface area contributed by atoms with Crippen LogP contribution in [0.3, 0.4) is 0 Å². The van der Waals surface area contributed by atoms with Gasteiger partial charge in [-0.2, -0.15) is 0 Å². The molecule has 0 aliphatic rings. The standard InChI is InChI=1S/C38H36N2O/c1-25(2)20-26-12-10-15-28(21-26)33-22-30(38(3,4)5)23-35-36(33)40-37(41-35)32-18-8-9-19-34(32)39-24-29-16-11-14-27-13-6-7-17-31(27)29/h6-19,21-25H,20H2,1-5H3. The van der Waals surface area contributed by atoms with E-state index in [2.05, 4.69) is 113 Å². The highest BCUT2D eigenvalue weighted by Crippen LogP contribution is 2.39. The first-order valence-corrected chi connectivity index (χ1v) is 14.4. The summed E-state index contributed by atoms with van der Waals surface area (Å²) in [5, 5.41) is 2.38. The topological polar surface area (TPSA) is 38.4 Å². The third-order valence-corrected chi connectivity index (χ3v) is 7.54. The molecular formula is C38H36N2O. The van der Waals surface area contributed by atoms with Gasteiger partial charge < -0.3 is 4.42 Å². The molecule has 0 fully saturated rings. The fourth-order valence-corrected chi connectivity index (χ4v) is 5.40. The van der Waals surface area contributed by atoms with E-state index in [1.54, 1.807) is 0 Å². The number of hydrogen-bond donors (Lipinski definition) is 0. The van der Waals surface area contributed by atoms with Gasteiger partial charge in [0.15, 0.2) is 5.58 Å². The highest BCUT2D eigenvalue weighted by molar-refractivity contribution is 6.01. The molecule has 1 aromatic heterocycles. The van der Waals surface area contributed by atoms with Crippen molar-refractivity contribution in [3.05, 3.63) is 120 Å². The predicted molar refractivity (Wildman–Crippen MR) is 173 cm³/mol. The lowest BCUT2D eigenvalue weighted by Crippen LogP contribution is -2.11. The first-order chi connectivity index (χ1) is 19.8. The average molecular weight is 537 g/mol. The lowest BCUT2D eigenvalue weighted by Gasteiger charge is -2.20. The number of para-hydroxylation sites is 1. The van der Waals surface area contributed by atoms with Crippen LogP contribution in [-0.4, -0.2) is 11.2 Å². The minimum Gasteiger partial charge on any atom is -0.436 e. The molecule has 0 bridgehead atoms. The summed E-state index contributed by atoms with van der Waals surface area (Å²) in [6, 6.07) is 36.0. The van der Waals surface area contributed by atoms with Crippen molar-refractivity contribution in [3.63, 3.8) is 0 Å². The second-order valence-electron chi connectivity index (χ2n) is 12.3. The molecule has 0 amide bonds. The van der Waals surface area contributed by atoms with E-state index < -0.39 is 0 Å². The van der Waals surface area contributed by atoms with Gasteiger partial charge in [-0.25, -0.2) is 4.98 Å². The van der Waals surface area contributed by atoms with Gasteiger partial charge in [0, 0.05) is 17.3 Å². The van der Waals surface area contributed by atoms with Crippen molar-refractivity contribution < 1.29 is 4.42 Å². The molecule has 5 aromatic carbocycles. The van der Waals surface area contributed by atoms with Crippen LogP contribution in [0.2, 0.25) is 0 Å². The first-order valence-electron chi connectivity index (χ1n) is 14.4. The predicted octanol–water partition coefficient (Wildman–Crippen LogP) is 10.6. The number of aromatic nitrogens is 1. The molecule has 6 rings (SSSR count). The fraction of sp³-hybridized carbons (Fsp3) is 0.211. The zero-order valence-electron chi connectivity index (χ0n) is 24.5. The number of rotatable bonds is 6. The lowest BCUT2D eigenvalue weighted by atomic mass is 9.84. The maximum atomic E-state index is 6.52. The van der Waals surface area contributed by atoms with Crippen molar-refractivity contribution in [2.24, 2.45) is 10.9 Å². The SMILES string of the molecule is CC(C)Cc1cccc(-c2cc(C(C)(C)C)cc3oc(-c4ccccc4N=Cc4cccc5ccccc45)nc23)c1. The molecule has 3 heteroatoms. The lowest BCUT2D eigenvalue weighted by molar-refractivity contribution is 0.584. The fourth-order valence-electron chi connectivity index (χ4n) is 5.40. The molecule has 0 unspecified atom stereocenters. The van der Waals surface area contributed by atoms with E-state index >= 15 is 0 Å². The molecular weight excluding hydrogens is 500 g/mol. The third kappa shape index (κ3) is 5.58. The largest absolute Gasteiger partial charge is 0.436 e. The minimum atomic E-state index is -0.0356. The minimum absolute atomic E-state index is 0.0356. The molecule has 0 N–H and O–H groups in total. The van der Waals surface area contributed by atoms with Gasteiger partial charge in [0.25, 0.3) is 0 Å². The average Bonchev–Trinajstić information content (AvgIpc) is 3.39. The van der Waals surface area contributed by atoms with E-state index in [0.29, 0.717) is 11.8 Å². The van der Waals surface area contributed by atoms with Crippen molar-refractivity contribution >= 4 is 33.8 Å². The van der Waals surface area contributed by atoms with E-state index in [9.17, 15) is 0 Å². The second kappa shape index (κ2) is 10.8. The Kier molecular flexibility index (Phi) is 7.05. The summed E-state index contributed by atoms with van der Waals surface area (Å²) in [6.07, 6.45) is 2.98. The van der Waals surface area contributed by atoms with Gasteiger partial charge in [0.2, 0.25) is 5.89 Å². The summed E-state index contributed by atoms with van der Waals surface area (Å²) in [7, 11) is 0. The Morgan fingerprint density at radius 2 is 1.56 bits per heavy atom. The number of fused-ring (bicyclic) bond motifs is 2. The zero-order chi connectivity index (χ0) is 28.6. The molecule has 0 aliphatic carbocycles. The van der Waals surface area contributed by atoms with E-state index in [1.807, 2.05) is 30.5 Å². The number of nitrogens with zero attached hydrogens (tertiary/aromatic N) is 2. The summed E-state index contributed by atoms with van der Waals surface area (Å²) < 4.78 is 6.52. The number of aliphatic imine (C=N–C) groups is 1. The molecule has 1 heterocycles. The summed E-state index contributed by atoms with van der Waals surface area (Å²) in [4.78, 5) is 10.0. The molecule has 0 saturated carbocycles. The molecule has 0 atom stereocenters. The summed E-state index contributed by atoms with van der Waals surface area (Å²) in [5.41, 5.74) is 9.24. The van der Waals surface area contributed by atoms with Crippen molar-refractivity contribution in [3.8, 4) is 22.6 Å². The van der Waals surface area contributed by atoms with Crippen LogP contribution in [0, 0.1) is 5.92 Å². The van der Waals surface area contributed by atoms with Crippen LogP contribution in [-0.2, 0) is 11.8 Å². The van der Waals surface area contributed by atoms with Crippen molar-refractivity contribution in [2.75, 3.05) is 0 Å². The Labute approximate surface area is 242 Å². The van der Waals surface area contributed by atoms with Crippen LogP contribution in [0.5, 0.6) is 0 Å². The monoisotopic (exact) mass is 536 g/mol. The van der Waals surface area contributed by atoms with Crippen LogP contribution in [0.4, 0.5) is 5.69 Å². The highest BCUT2D eigenvalue weighted by atomic mass is 16.3. The Balaban J connectivity index is 1.47. The number of hydrogen-bond acceptors (Lipinski definition) is 3. The van der Waals surface area contributed by atoms with Crippen LogP contribution in [0.25, 0.3) is 44.5 Å². The summed E-state index contributed by atoms with van der Waals surface area (Å²) in [5.74, 6) is 1.17. The summed E-state index contributed by atoms with van der Waals surface area (Å²) >= 11 is 0. The van der Waals surface area contributed by atoms with E-state index in [-0.39, 0.29) is 5.41 Å². The second-order valence-corrected chi connectivity index (χ2v) is 12.3. The van der Waals surface area contributed by atoms with Crippen molar-refractivity contribution in [1.82, 2.24) is 4.98 Å². The van der Waals surface area contributed by atoms with Crippen LogP contribution < -0.4 is 0 Å².